The van der Waals surface area contributed by atoms with Gasteiger partial charge in [-0.25, -0.2) is 9.36 Å². The van der Waals surface area contributed by atoms with Gasteiger partial charge in [-0.05, 0) is 69.3 Å². The molecule has 7 nitrogen and oxygen atoms in total. The van der Waals surface area contributed by atoms with Crippen molar-refractivity contribution in [2.75, 3.05) is 0 Å². The lowest BCUT2D eigenvalue weighted by atomic mass is 9.52. The molecule has 0 spiro atoms. The number of aromatic nitrogens is 4. The molecule has 2 aromatic rings. The van der Waals surface area contributed by atoms with Gasteiger partial charge in [0.2, 0.25) is 0 Å². The third-order valence-corrected chi connectivity index (χ3v) is 6.82. The molecule has 0 aromatic carbocycles. The van der Waals surface area contributed by atoms with Crippen LogP contribution < -0.4 is 5.32 Å². The highest BCUT2D eigenvalue weighted by Gasteiger charge is 2.55. The molecule has 4 bridgehead atoms. The number of amides is 1. The first kappa shape index (κ1) is 17.7. The zero-order chi connectivity index (χ0) is 19.6. The number of aliphatic hydroxyl groups is 1. The highest BCUT2D eigenvalue weighted by atomic mass is 16.3. The monoisotopic (exact) mass is 381 g/mol. The fourth-order valence-electron chi connectivity index (χ4n) is 5.98. The molecule has 7 heteroatoms. The van der Waals surface area contributed by atoms with E-state index in [1.807, 2.05) is 20.0 Å². The summed E-state index contributed by atoms with van der Waals surface area (Å²) in [7, 11) is 0. The molecule has 4 aliphatic carbocycles. The van der Waals surface area contributed by atoms with Gasteiger partial charge in [0.1, 0.15) is 5.56 Å². The number of hydrogen-bond donors (Lipinski definition) is 2. The van der Waals surface area contributed by atoms with Crippen LogP contribution in [0, 0.1) is 24.7 Å². The van der Waals surface area contributed by atoms with Gasteiger partial charge in [0.05, 0.1) is 18.0 Å². The van der Waals surface area contributed by atoms with Crippen LogP contribution in [0.5, 0.6) is 0 Å². The number of aryl methyl sites for hydroxylation is 1. The molecule has 2 aromatic heterocycles. The van der Waals surface area contributed by atoms with Crippen molar-refractivity contribution in [3.05, 3.63) is 36.3 Å². The maximum Gasteiger partial charge on any atom is 0.257 e. The van der Waals surface area contributed by atoms with Gasteiger partial charge in [-0.2, -0.15) is 10.2 Å². The Labute approximate surface area is 164 Å². The Balaban J connectivity index is 1.44. The Morgan fingerprint density at radius 1 is 1.25 bits per heavy atom. The summed E-state index contributed by atoms with van der Waals surface area (Å²) in [5.41, 5.74) is 1.73. The van der Waals surface area contributed by atoms with E-state index in [1.54, 1.807) is 21.8 Å². The number of allylic oxidation sites excluding steroid dienone is 1. The van der Waals surface area contributed by atoms with Crippen molar-refractivity contribution in [2.24, 2.45) is 17.8 Å². The van der Waals surface area contributed by atoms with E-state index >= 15 is 0 Å². The van der Waals surface area contributed by atoms with Crippen LogP contribution >= 0.6 is 0 Å². The SMILES string of the molecule is C=C(C)n1ncc(C(=O)N[C@H]2C3CC4CC2C[C@](O)(C4)C3)c1-n1cc(C)cn1. The average Bonchev–Trinajstić information content (AvgIpc) is 3.22. The fraction of sp³-hybridized carbons (Fsp3) is 0.571. The first-order chi connectivity index (χ1) is 13.3. The van der Waals surface area contributed by atoms with E-state index in [9.17, 15) is 9.90 Å². The Kier molecular flexibility index (Phi) is 3.81. The van der Waals surface area contributed by atoms with Gasteiger partial charge in [0.25, 0.3) is 5.91 Å². The smallest absolute Gasteiger partial charge is 0.257 e. The predicted octanol–water partition coefficient (Wildman–Crippen LogP) is 2.54. The third-order valence-electron chi connectivity index (χ3n) is 6.82. The lowest BCUT2D eigenvalue weighted by Crippen LogP contribution is -2.61. The molecule has 4 saturated carbocycles. The van der Waals surface area contributed by atoms with E-state index in [2.05, 4.69) is 22.1 Å². The Morgan fingerprint density at radius 2 is 1.96 bits per heavy atom. The molecule has 148 valence electrons. The van der Waals surface area contributed by atoms with Gasteiger partial charge >= 0.3 is 0 Å². The number of carbonyl (C=O) groups is 1. The second-order valence-electron chi connectivity index (χ2n) is 9.18. The van der Waals surface area contributed by atoms with E-state index in [0.29, 0.717) is 29.1 Å². The average molecular weight is 381 g/mol. The molecule has 2 atom stereocenters. The summed E-state index contributed by atoms with van der Waals surface area (Å²) >= 11 is 0. The van der Waals surface area contributed by atoms with E-state index < -0.39 is 5.60 Å². The summed E-state index contributed by atoms with van der Waals surface area (Å²) in [5, 5.41) is 22.8. The number of nitrogens with one attached hydrogen (secondary N) is 1. The molecule has 0 radical (unpaired) electrons. The number of rotatable bonds is 4. The summed E-state index contributed by atoms with van der Waals surface area (Å²) in [6.07, 6.45) is 10.0. The van der Waals surface area contributed by atoms with Crippen molar-refractivity contribution in [2.45, 2.75) is 57.6 Å². The first-order valence-corrected chi connectivity index (χ1v) is 10.1. The predicted molar refractivity (Wildman–Crippen MR) is 105 cm³/mol. The maximum atomic E-state index is 13.3. The van der Waals surface area contributed by atoms with Crippen molar-refractivity contribution in [3.63, 3.8) is 0 Å². The standard InChI is InChI=1S/C21H27N5O2/c1-12(2)26-20(25-11-13(3)9-22-25)17(10-23-26)19(27)24-18-15-4-14-5-16(18)8-21(28,6-14)7-15/h9-11,14-16,18,28H,1,4-8H2,2-3H3,(H,24,27)/t14?,15?,16?,18-,21-. The Hall–Kier alpha value is -2.41. The summed E-state index contributed by atoms with van der Waals surface area (Å²) < 4.78 is 3.34. The van der Waals surface area contributed by atoms with Crippen molar-refractivity contribution in [1.29, 1.82) is 0 Å². The molecule has 2 heterocycles. The third kappa shape index (κ3) is 2.71. The van der Waals surface area contributed by atoms with Gasteiger partial charge in [-0.3, -0.25) is 4.79 Å². The van der Waals surface area contributed by atoms with Gasteiger partial charge in [-0.15, -0.1) is 0 Å². The molecule has 6 rings (SSSR count). The maximum absolute atomic E-state index is 13.3. The van der Waals surface area contributed by atoms with E-state index in [0.717, 1.165) is 43.4 Å². The minimum absolute atomic E-state index is 0.125. The molecule has 28 heavy (non-hydrogen) atoms. The molecule has 0 aliphatic heterocycles. The number of nitrogens with zero attached hydrogens (tertiary/aromatic N) is 4. The molecule has 2 N–H and O–H groups in total. The van der Waals surface area contributed by atoms with Gasteiger partial charge in [0.15, 0.2) is 5.82 Å². The summed E-state index contributed by atoms with van der Waals surface area (Å²) in [4.78, 5) is 13.3. The molecule has 1 amide bonds. The molecular weight excluding hydrogens is 354 g/mol. The quantitative estimate of drug-likeness (QED) is 0.852. The molecule has 0 saturated heterocycles. The van der Waals surface area contributed by atoms with E-state index in [4.69, 9.17) is 0 Å². The lowest BCUT2D eigenvalue weighted by Gasteiger charge is -2.58. The topological polar surface area (TPSA) is 85.0 Å². The molecule has 4 aliphatic rings. The van der Waals surface area contributed by atoms with Gasteiger partial charge < -0.3 is 10.4 Å². The largest absolute Gasteiger partial charge is 0.390 e. The minimum atomic E-state index is -0.500. The van der Waals surface area contributed by atoms with Crippen molar-refractivity contribution >= 4 is 11.6 Å². The molecule has 2 unspecified atom stereocenters. The van der Waals surface area contributed by atoms with Crippen LogP contribution in [0.25, 0.3) is 11.5 Å². The second kappa shape index (κ2) is 6.04. The highest BCUT2D eigenvalue weighted by molar-refractivity contribution is 5.97. The van der Waals surface area contributed by atoms with Crippen LogP contribution in [0.2, 0.25) is 0 Å². The zero-order valence-corrected chi connectivity index (χ0v) is 16.4. The summed E-state index contributed by atoms with van der Waals surface area (Å²) in [5.74, 6) is 1.84. The highest BCUT2D eigenvalue weighted by Crippen LogP contribution is 2.55. The van der Waals surface area contributed by atoms with Gasteiger partial charge in [-0.1, -0.05) is 6.58 Å². The Bertz CT molecular complexity index is 942. The first-order valence-electron chi connectivity index (χ1n) is 10.1. The Morgan fingerprint density at radius 3 is 2.54 bits per heavy atom. The minimum Gasteiger partial charge on any atom is -0.390 e. The lowest BCUT2D eigenvalue weighted by molar-refractivity contribution is -0.136. The normalized spacial score (nSPS) is 33.2. The van der Waals surface area contributed by atoms with Crippen LogP contribution in [-0.2, 0) is 0 Å². The molecule has 4 fully saturated rings. The second-order valence-corrected chi connectivity index (χ2v) is 9.18. The van der Waals surface area contributed by atoms with E-state index in [1.165, 1.54) is 0 Å². The van der Waals surface area contributed by atoms with Crippen molar-refractivity contribution < 1.29 is 9.90 Å². The fourth-order valence-corrected chi connectivity index (χ4v) is 5.98. The van der Waals surface area contributed by atoms with Crippen LogP contribution in [0.15, 0.2) is 25.2 Å². The van der Waals surface area contributed by atoms with Crippen LogP contribution in [0.3, 0.4) is 0 Å². The van der Waals surface area contributed by atoms with Crippen molar-refractivity contribution in [3.8, 4) is 5.82 Å². The van der Waals surface area contributed by atoms with Crippen LogP contribution in [-0.4, -0.2) is 42.2 Å². The number of hydrogen-bond acceptors (Lipinski definition) is 4. The van der Waals surface area contributed by atoms with Gasteiger partial charge in [0, 0.05) is 17.9 Å². The number of carbonyl (C=O) groups excluding carboxylic acids is 1. The van der Waals surface area contributed by atoms with Crippen molar-refractivity contribution in [1.82, 2.24) is 24.9 Å². The zero-order valence-electron chi connectivity index (χ0n) is 16.4. The van der Waals surface area contributed by atoms with Crippen LogP contribution in [0.4, 0.5) is 0 Å². The van der Waals surface area contributed by atoms with E-state index in [-0.39, 0.29) is 11.9 Å². The summed E-state index contributed by atoms with van der Waals surface area (Å²) in [6.45, 7) is 7.79. The summed E-state index contributed by atoms with van der Waals surface area (Å²) in [6, 6.07) is 0.129. The van der Waals surface area contributed by atoms with Crippen LogP contribution in [0.1, 0.15) is 54.9 Å². The molecular formula is C21H27N5O2.